The van der Waals surface area contributed by atoms with E-state index < -0.39 is 0 Å². The Kier molecular flexibility index (Phi) is 27.0. The minimum atomic E-state index is 0.0166. The smallest absolute Gasteiger partial charge is 0.192 e. The molecule has 6 heterocycles. The maximum Gasteiger partial charge on any atom is 0.192 e. The maximum atomic E-state index is 12.0. The molecule has 0 aliphatic carbocycles. The van der Waals surface area contributed by atoms with Gasteiger partial charge in [0.2, 0.25) is 0 Å². The molecular formula is C74H84Br3N3O11. The molecule has 0 atom stereocenters. The first-order chi connectivity index (χ1) is 44.3. The van der Waals surface area contributed by atoms with Crippen LogP contribution >= 0.6 is 47.8 Å². The van der Waals surface area contributed by atoms with Crippen LogP contribution in [0.3, 0.4) is 0 Å². The second-order valence-electron chi connectivity index (χ2n) is 23.9. The molecule has 14 nitrogen and oxygen atoms in total. The van der Waals surface area contributed by atoms with E-state index >= 15 is 0 Å². The molecule has 6 aromatic carbocycles. The summed E-state index contributed by atoms with van der Waals surface area (Å²) in [5.74, 6) is 4.17. The van der Waals surface area contributed by atoms with Gasteiger partial charge >= 0.3 is 0 Å². The predicted molar refractivity (Wildman–Crippen MR) is 373 cm³/mol. The van der Waals surface area contributed by atoms with Gasteiger partial charge in [0.15, 0.2) is 29.9 Å². The third-order valence-corrected chi connectivity index (χ3v) is 19.2. The molecule has 0 spiro atoms. The Morgan fingerprint density at radius 3 is 1.21 bits per heavy atom. The fourth-order valence-corrected chi connectivity index (χ4v) is 13.1. The monoisotopic (exact) mass is 1430 g/mol. The number of fused-ring (bicyclic) bond motifs is 3. The van der Waals surface area contributed by atoms with Crippen LogP contribution in [-0.4, -0.2) is 95.1 Å². The molecule has 482 valence electrons. The number of hydrogen-bond acceptors (Lipinski definition) is 14. The van der Waals surface area contributed by atoms with Crippen molar-refractivity contribution in [2.75, 3.05) is 80.2 Å². The lowest BCUT2D eigenvalue weighted by Gasteiger charge is -2.32. The molecule has 17 heteroatoms. The van der Waals surface area contributed by atoms with Crippen molar-refractivity contribution in [3.8, 4) is 17.2 Å². The van der Waals surface area contributed by atoms with Crippen LogP contribution in [0.2, 0.25) is 0 Å². The SMILES string of the molecule is CCCc1ccc2occc(=O)c2c1.COCOc1cc(CC2CCN(CCc3ccc4occc(=O)c4c3)CC2)ccc1Br.COCOc1cc(CC2CCNCC2)ccc1Br.O=c1ccoc2ccc(CCN3CCC(Cc4ccc(Br)c(O)c4)CC3)cc12. The molecule has 0 unspecified atom stereocenters. The standard InChI is InChI=1S/C25H28BrNO4.C23H24BrNO3.C14H20BrNO2.C12H12O2/c1-29-17-31-25-16-20(2-4-22(25)26)14-19-7-11-27(12-8-19)10-6-18-3-5-24-21(15-18)23(28)9-13-30-24;24-20-3-1-18(15-22(20)27)13-17-6-10-25(11-7-17)9-5-16-2-4-23-19(14-16)21(26)8-12-28-23;1-17-10-18-14-9-12(2-3-13(14)15)8-11-4-6-16-7-5-11;1-2-3-9-4-5-12-10(8-9)11(13)6-7-14-12/h2-5,9,13,15-16,19H,6-8,10-12,14,17H2,1H3;1-4,8,12,14-15,17,27H,5-7,9-11,13H2;2-3,9,11,16H,4-8,10H2,1H3;4-8H,2-3H2,1H3. The van der Waals surface area contributed by atoms with Crippen LogP contribution in [0.5, 0.6) is 17.2 Å². The van der Waals surface area contributed by atoms with E-state index in [4.69, 9.17) is 32.2 Å². The average molecular weight is 1430 g/mol. The fraction of sp³-hybridized carbons (Fsp3) is 0.392. The number of hydrogen-bond donors (Lipinski definition) is 2. The number of likely N-dealkylation sites (tertiary alicyclic amines) is 2. The van der Waals surface area contributed by atoms with Gasteiger partial charge in [0.1, 0.15) is 34.0 Å². The van der Waals surface area contributed by atoms with Crippen molar-refractivity contribution in [1.29, 1.82) is 0 Å². The van der Waals surface area contributed by atoms with Crippen LogP contribution in [0.4, 0.5) is 0 Å². The first-order valence-electron chi connectivity index (χ1n) is 31.8. The number of nitrogens with zero attached hydrogens (tertiary/aromatic N) is 2. The Morgan fingerprint density at radius 2 is 0.824 bits per heavy atom. The van der Waals surface area contributed by atoms with Crippen LogP contribution in [0, 0.1) is 17.8 Å². The van der Waals surface area contributed by atoms with Crippen molar-refractivity contribution in [1.82, 2.24) is 15.1 Å². The van der Waals surface area contributed by atoms with E-state index in [1.807, 2.05) is 54.6 Å². The van der Waals surface area contributed by atoms with E-state index in [9.17, 15) is 19.5 Å². The molecule has 3 aromatic heterocycles. The second-order valence-corrected chi connectivity index (χ2v) is 26.5. The number of methoxy groups -OCH3 is 2. The number of nitrogens with one attached hydrogen (secondary N) is 1. The minimum Gasteiger partial charge on any atom is -0.507 e. The molecule has 0 radical (unpaired) electrons. The number of aryl methyl sites for hydroxylation is 1. The molecule has 3 saturated heterocycles. The summed E-state index contributed by atoms with van der Waals surface area (Å²) in [4.78, 5) is 40.5. The molecule has 3 fully saturated rings. The fourth-order valence-electron chi connectivity index (χ4n) is 12.1. The number of aromatic hydroxyl groups is 1. The lowest BCUT2D eigenvalue weighted by Crippen LogP contribution is -2.35. The molecule has 0 bridgehead atoms. The number of phenols is 1. The van der Waals surface area contributed by atoms with Crippen LogP contribution in [0.1, 0.15) is 85.3 Å². The van der Waals surface area contributed by atoms with E-state index in [0.29, 0.717) is 50.5 Å². The average Bonchev–Trinajstić information content (AvgIpc) is 2.56. The van der Waals surface area contributed by atoms with Crippen molar-refractivity contribution in [3.05, 3.63) is 224 Å². The summed E-state index contributed by atoms with van der Waals surface area (Å²) in [6.07, 6.45) is 18.8. The molecular weight excluding hydrogens is 1350 g/mol. The number of benzene rings is 6. The molecule has 0 saturated carbocycles. The second kappa shape index (κ2) is 35.6. The number of piperidine rings is 3. The Morgan fingerprint density at radius 1 is 0.462 bits per heavy atom. The zero-order valence-corrected chi connectivity index (χ0v) is 57.2. The van der Waals surface area contributed by atoms with Crippen LogP contribution in [-0.2, 0) is 48.0 Å². The lowest BCUT2D eigenvalue weighted by molar-refractivity contribution is 0.0503. The van der Waals surface area contributed by atoms with E-state index in [2.05, 4.69) is 124 Å². The highest BCUT2D eigenvalue weighted by molar-refractivity contribution is 9.11. The van der Waals surface area contributed by atoms with Crippen molar-refractivity contribution in [2.45, 2.75) is 90.4 Å². The van der Waals surface area contributed by atoms with Gasteiger partial charge in [-0.15, -0.1) is 0 Å². The first kappa shape index (κ1) is 68.9. The van der Waals surface area contributed by atoms with E-state index in [1.54, 1.807) is 14.2 Å². The van der Waals surface area contributed by atoms with Crippen molar-refractivity contribution < 1.29 is 37.3 Å². The van der Waals surface area contributed by atoms with Gasteiger partial charge in [-0.1, -0.05) is 49.7 Å². The normalized spacial score (nSPS) is 15.1. The van der Waals surface area contributed by atoms with Crippen molar-refractivity contribution >= 4 is 80.7 Å². The summed E-state index contributed by atoms with van der Waals surface area (Å²) < 4.78 is 39.8. The summed E-state index contributed by atoms with van der Waals surface area (Å²) in [5.41, 5.74) is 9.45. The lowest BCUT2D eigenvalue weighted by atomic mass is 9.90. The van der Waals surface area contributed by atoms with E-state index in [0.717, 1.165) is 128 Å². The summed E-state index contributed by atoms with van der Waals surface area (Å²) >= 11 is 10.4. The van der Waals surface area contributed by atoms with Gasteiger partial charge in [-0.2, -0.15) is 0 Å². The Bertz CT molecular complexity index is 3940. The Hall–Kier alpha value is -6.41. The largest absolute Gasteiger partial charge is 0.507 e. The highest BCUT2D eigenvalue weighted by Gasteiger charge is 2.22. The predicted octanol–water partition coefficient (Wildman–Crippen LogP) is 15.5. The van der Waals surface area contributed by atoms with Crippen LogP contribution in [0.25, 0.3) is 32.9 Å². The molecule has 0 amide bonds. The van der Waals surface area contributed by atoms with Crippen LogP contribution < -0.4 is 31.1 Å². The maximum absolute atomic E-state index is 12.0. The van der Waals surface area contributed by atoms with Gasteiger partial charge in [0.05, 0.1) is 48.4 Å². The van der Waals surface area contributed by atoms with Crippen molar-refractivity contribution in [2.24, 2.45) is 17.8 Å². The highest BCUT2D eigenvalue weighted by Crippen LogP contribution is 2.32. The topological polar surface area (TPSA) is 166 Å². The van der Waals surface area contributed by atoms with Gasteiger partial charge in [-0.05, 0) is 288 Å². The summed E-state index contributed by atoms with van der Waals surface area (Å²) in [5, 5.41) is 15.3. The van der Waals surface area contributed by atoms with E-state index in [-0.39, 0.29) is 29.9 Å². The van der Waals surface area contributed by atoms with Gasteiger partial charge < -0.3 is 52.4 Å². The third kappa shape index (κ3) is 21.0. The van der Waals surface area contributed by atoms with Crippen molar-refractivity contribution in [3.63, 3.8) is 0 Å². The quantitative estimate of drug-likeness (QED) is 0.0692. The Balaban J connectivity index is 0.000000150. The van der Waals surface area contributed by atoms with Gasteiger partial charge in [0.25, 0.3) is 0 Å². The van der Waals surface area contributed by atoms with Gasteiger partial charge in [-0.3, -0.25) is 14.4 Å². The summed E-state index contributed by atoms with van der Waals surface area (Å²) in [6.45, 7) is 11.4. The molecule has 3 aliphatic rings. The highest BCUT2D eigenvalue weighted by atomic mass is 79.9. The number of phenolic OH excluding ortho intramolecular Hbond substituents is 1. The molecule has 91 heavy (non-hydrogen) atoms. The molecule has 12 rings (SSSR count). The van der Waals surface area contributed by atoms with Gasteiger partial charge in [-0.25, -0.2) is 0 Å². The third-order valence-electron chi connectivity index (χ3n) is 17.3. The molecule has 2 N–H and O–H groups in total. The zero-order valence-electron chi connectivity index (χ0n) is 52.4. The number of ether oxygens (including phenoxy) is 4. The van der Waals surface area contributed by atoms with Gasteiger partial charge in [0, 0.05) is 45.5 Å². The van der Waals surface area contributed by atoms with Crippen LogP contribution in [0.15, 0.2) is 187 Å². The zero-order chi connectivity index (χ0) is 63.9. The number of rotatable bonds is 20. The minimum absolute atomic E-state index is 0.0166. The Labute approximate surface area is 558 Å². The molecule has 9 aromatic rings. The van der Waals surface area contributed by atoms with E-state index in [1.165, 1.54) is 109 Å². The summed E-state index contributed by atoms with van der Waals surface area (Å²) in [6, 6.07) is 40.6. The summed E-state index contributed by atoms with van der Waals surface area (Å²) in [7, 11) is 3.26. The number of halogens is 3. The molecule has 3 aliphatic heterocycles. The first-order valence-corrected chi connectivity index (χ1v) is 34.1.